The Morgan fingerprint density at radius 1 is 1.26 bits per heavy atom. The summed E-state index contributed by atoms with van der Waals surface area (Å²) in [6, 6.07) is 2.80. The normalized spacial score (nSPS) is 16.7. The van der Waals surface area contributed by atoms with E-state index in [0.29, 0.717) is 34.7 Å². The van der Waals surface area contributed by atoms with E-state index in [9.17, 15) is 18.7 Å². The predicted octanol–water partition coefficient (Wildman–Crippen LogP) is 3.35. The smallest absolute Gasteiger partial charge is 0.387 e. The van der Waals surface area contributed by atoms with Crippen LogP contribution < -0.4 is 9.64 Å². The van der Waals surface area contributed by atoms with Gasteiger partial charge in [-0.25, -0.2) is 4.98 Å². The Balaban J connectivity index is 1.69. The molecule has 0 saturated carbocycles. The Morgan fingerprint density at radius 3 is 2.74 bits per heavy atom. The van der Waals surface area contributed by atoms with Crippen molar-refractivity contribution in [1.82, 2.24) is 19.7 Å². The van der Waals surface area contributed by atoms with Crippen LogP contribution in [0.25, 0.3) is 11.3 Å². The van der Waals surface area contributed by atoms with E-state index in [2.05, 4.69) is 19.8 Å². The van der Waals surface area contributed by atoms with Crippen molar-refractivity contribution in [2.45, 2.75) is 46.1 Å². The van der Waals surface area contributed by atoms with E-state index in [1.807, 2.05) is 13.8 Å². The quantitative estimate of drug-likeness (QED) is 0.646. The summed E-state index contributed by atoms with van der Waals surface area (Å²) in [6.07, 6.45) is 5.42. The summed E-state index contributed by atoms with van der Waals surface area (Å²) in [7, 11) is 0. The number of carbonyl (C=O) groups is 1. The largest absolute Gasteiger partial charge is 0.433 e. The van der Waals surface area contributed by atoms with E-state index >= 15 is 0 Å². The molecule has 31 heavy (non-hydrogen) atoms. The molecular weight excluding hydrogens is 408 g/mol. The number of hydrogen-bond acceptors (Lipinski definition) is 6. The number of aryl methyl sites for hydroxylation is 1. The zero-order chi connectivity index (χ0) is 22.3. The van der Waals surface area contributed by atoms with Crippen molar-refractivity contribution >= 4 is 11.6 Å². The Labute approximate surface area is 177 Å². The van der Waals surface area contributed by atoms with E-state index in [-0.39, 0.29) is 17.7 Å². The fraction of sp³-hybridized carbons (Fsp3) is 0.333. The fourth-order valence-electron chi connectivity index (χ4n) is 3.76. The van der Waals surface area contributed by atoms with Gasteiger partial charge >= 0.3 is 6.61 Å². The lowest BCUT2D eigenvalue weighted by Crippen LogP contribution is -2.26. The standard InChI is InChI=1S/C21H21F2N5O3/c1-11-4-17(14-5-16(8-24-6-14)31-21(22)23)26-19-13(3)28(20(30)18(11)19)15-7-25-27(10-15)9-12(2)29/h4-8,10,12-13,21,29H,9H2,1-3H3/t12-,13?/m0/s1. The second kappa shape index (κ2) is 8.03. The average Bonchev–Trinajstić information content (AvgIpc) is 3.23. The number of carbonyl (C=O) groups excluding carboxylic acids is 1. The summed E-state index contributed by atoms with van der Waals surface area (Å²) in [5.74, 6) is -0.257. The highest BCUT2D eigenvalue weighted by molar-refractivity contribution is 6.11. The number of anilines is 1. The molecule has 0 saturated heterocycles. The van der Waals surface area contributed by atoms with Gasteiger partial charge in [-0.3, -0.25) is 19.4 Å². The van der Waals surface area contributed by atoms with E-state index in [0.717, 1.165) is 5.56 Å². The van der Waals surface area contributed by atoms with Crippen LogP contribution in [-0.2, 0) is 6.54 Å². The number of aromatic nitrogens is 4. The summed E-state index contributed by atoms with van der Waals surface area (Å²) in [6.45, 7) is 2.69. The van der Waals surface area contributed by atoms with Crippen LogP contribution in [0.15, 0.2) is 36.9 Å². The number of aliphatic hydroxyl groups excluding tert-OH is 1. The molecule has 0 aliphatic carbocycles. The van der Waals surface area contributed by atoms with Crippen LogP contribution in [0.3, 0.4) is 0 Å². The second-order valence-corrected chi connectivity index (χ2v) is 7.49. The SMILES string of the molecule is Cc1cc(-c2cncc(OC(F)F)c2)nc2c1C(=O)N(c1cnn(C[C@H](C)O)c1)C2C. The van der Waals surface area contributed by atoms with Gasteiger partial charge in [0, 0.05) is 18.0 Å². The highest BCUT2D eigenvalue weighted by Gasteiger charge is 2.38. The van der Waals surface area contributed by atoms with Crippen LogP contribution in [0.5, 0.6) is 5.75 Å². The van der Waals surface area contributed by atoms with Crippen molar-refractivity contribution in [3.05, 3.63) is 53.7 Å². The number of aliphatic hydroxyl groups is 1. The number of ether oxygens (including phenoxy) is 1. The first-order valence-corrected chi connectivity index (χ1v) is 9.70. The molecule has 3 aromatic heterocycles. The summed E-state index contributed by atoms with van der Waals surface area (Å²) < 4.78 is 31.1. The van der Waals surface area contributed by atoms with Crippen LogP contribution in [-0.4, -0.2) is 43.5 Å². The van der Waals surface area contributed by atoms with E-state index in [1.54, 1.807) is 35.0 Å². The molecule has 3 aromatic rings. The molecule has 1 aliphatic heterocycles. The lowest BCUT2D eigenvalue weighted by Gasteiger charge is -2.19. The molecule has 0 radical (unpaired) electrons. The van der Waals surface area contributed by atoms with E-state index in [1.165, 1.54) is 18.5 Å². The summed E-state index contributed by atoms with van der Waals surface area (Å²) in [5, 5.41) is 13.8. The number of amides is 1. The number of nitrogens with zero attached hydrogens (tertiary/aromatic N) is 5. The number of pyridine rings is 2. The molecule has 1 N–H and O–H groups in total. The minimum Gasteiger partial charge on any atom is -0.433 e. The molecule has 162 valence electrons. The highest BCUT2D eigenvalue weighted by Crippen LogP contribution is 2.39. The van der Waals surface area contributed by atoms with Gasteiger partial charge in [0.2, 0.25) is 0 Å². The van der Waals surface area contributed by atoms with Gasteiger partial charge < -0.3 is 9.84 Å². The van der Waals surface area contributed by atoms with Crippen LogP contribution in [0, 0.1) is 6.92 Å². The van der Waals surface area contributed by atoms with Gasteiger partial charge in [-0.2, -0.15) is 13.9 Å². The van der Waals surface area contributed by atoms with Crippen molar-refractivity contribution in [1.29, 1.82) is 0 Å². The third kappa shape index (κ3) is 3.98. The minimum atomic E-state index is -2.95. The molecule has 8 nitrogen and oxygen atoms in total. The minimum absolute atomic E-state index is 0.0660. The Bertz CT molecular complexity index is 1130. The van der Waals surface area contributed by atoms with Crippen molar-refractivity contribution in [3.8, 4) is 17.0 Å². The average molecular weight is 429 g/mol. The molecule has 1 amide bonds. The number of alkyl halides is 2. The first kappa shape index (κ1) is 20.9. The predicted molar refractivity (Wildman–Crippen MR) is 108 cm³/mol. The molecule has 0 bridgehead atoms. The molecule has 2 atom stereocenters. The number of hydrogen-bond donors (Lipinski definition) is 1. The number of halogens is 2. The molecule has 10 heteroatoms. The molecule has 0 aromatic carbocycles. The molecule has 1 unspecified atom stereocenters. The maximum atomic E-state index is 13.2. The van der Waals surface area contributed by atoms with Gasteiger partial charge in [0.05, 0.1) is 53.7 Å². The van der Waals surface area contributed by atoms with Crippen LogP contribution in [0.1, 0.15) is 41.5 Å². The van der Waals surface area contributed by atoms with Crippen LogP contribution in [0.2, 0.25) is 0 Å². The zero-order valence-corrected chi connectivity index (χ0v) is 17.2. The van der Waals surface area contributed by atoms with Crippen LogP contribution >= 0.6 is 0 Å². The topological polar surface area (TPSA) is 93.4 Å². The molecule has 4 heterocycles. The van der Waals surface area contributed by atoms with Gasteiger partial charge in [0.1, 0.15) is 5.75 Å². The van der Waals surface area contributed by atoms with Crippen LogP contribution in [0.4, 0.5) is 14.5 Å². The summed E-state index contributed by atoms with van der Waals surface area (Å²) in [5.41, 5.74) is 3.43. The van der Waals surface area contributed by atoms with Crippen molar-refractivity contribution in [2.75, 3.05) is 4.90 Å². The Kier molecular flexibility index (Phi) is 5.40. The van der Waals surface area contributed by atoms with Gasteiger partial charge in [0.25, 0.3) is 5.91 Å². The van der Waals surface area contributed by atoms with Gasteiger partial charge in [0.15, 0.2) is 0 Å². The van der Waals surface area contributed by atoms with E-state index < -0.39 is 12.7 Å². The Morgan fingerprint density at radius 2 is 2.03 bits per heavy atom. The lowest BCUT2D eigenvalue weighted by molar-refractivity contribution is -0.0500. The van der Waals surface area contributed by atoms with Crippen molar-refractivity contribution in [2.24, 2.45) is 0 Å². The van der Waals surface area contributed by atoms with Gasteiger partial charge in [-0.15, -0.1) is 0 Å². The molecular formula is C21H21F2N5O3. The summed E-state index contributed by atoms with van der Waals surface area (Å²) in [4.78, 5) is 23.4. The maximum Gasteiger partial charge on any atom is 0.387 e. The molecule has 0 spiro atoms. The molecule has 1 aliphatic rings. The Hall–Kier alpha value is -3.40. The number of rotatable bonds is 6. The highest BCUT2D eigenvalue weighted by atomic mass is 19.3. The molecule has 0 fully saturated rings. The maximum absolute atomic E-state index is 13.2. The first-order valence-electron chi connectivity index (χ1n) is 9.70. The van der Waals surface area contributed by atoms with Crippen molar-refractivity contribution < 1.29 is 23.4 Å². The fourth-order valence-corrected chi connectivity index (χ4v) is 3.76. The third-order valence-electron chi connectivity index (χ3n) is 5.04. The zero-order valence-electron chi connectivity index (χ0n) is 17.2. The third-order valence-corrected chi connectivity index (χ3v) is 5.04. The second-order valence-electron chi connectivity index (χ2n) is 7.49. The lowest BCUT2D eigenvalue weighted by atomic mass is 10.0. The molecule has 4 rings (SSSR count). The monoisotopic (exact) mass is 429 g/mol. The van der Waals surface area contributed by atoms with Gasteiger partial charge in [-0.05, 0) is 38.5 Å². The number of fused-ring (bicyclic) bond motifs is 1. The first-order chi connectivity index (χ1) is 14.7. The summed E-state index contributed by atoms with van der Waals surface area (Å²) >= 11 is 0. The van der Waals surface area contributed by atoms with E-state index in [4.69, 9.17) is 0 Å². The van der Waals surface area contributed by atoms with Gasteiger partial charge in [-0.1, -0.05) is 0 Å². The van der Waals surface area contributed by atoms with Crippen molar-refractivity contribution in [3.63, 3.8) is 0 Å².